The first-order chi connectivity index (χ1) is 16.2. The van der Waals surface area contributed by atoms with Gasteiger partial charge in [-0.3, -0.25) is 4.79 Å². The Morgan fingerprint density at radius 1 is 1.09 bits per heavy atom. The average Bonchev–Trinajstić information content (AvgIpc) is 3.37. The summed E-state index contributed by atoms with van der Waals surface area (Å²) in [7, 11) is 1.55. The number of carboxylic acids is 1. The fourth-order valence-electron chi connectivity index (χ4n) is 4.24. The molecule has 1 aliphatic heterocycles. The first kappa shape index (κ1) is 21.5. The van der Waals surface area contributed by atoms with E-state index >= 15 is 0 Å². The van der Waals surface area contributed by atoms with E-state index in [4.69, 9.17) is 4.74 Å². The topological polar surface area (TPSA) is 84.7 Å². The van der Waals surface area contributed by atoms with Crippen LogP contribution in [0, 0.1) is 0 Å². The van der Waals surface area contributed by atoms with E-state index in [2.05, 4.69) is 4.98 Å². The van der Waals surface area contributed by atoms with Gasteiger partial charge in [0.1, 0.15) is 17.1 Å². The maximum absolute atomic E-state index is 13.8. The fraction of sp³-hybridized carbons (Fsp3) is 0.125. The van der Waals surface area contributed by atoms with Crippen molar-refractivity contribution >= 4 is 28.3 Å². The van der Waals surface area contributed by atoms with Crippen molar-refractivity contribution in [3.63, 3.8) is 0 Å². The van der Waals surface area contributed by atoms with Crippen LogP contribution < -0.4 is 9.64 Å². The minimum Gasteiger partial charge on any atom is -0.497 e. The average molecular weight is 467 g/mol. The zero-order valence-electron chi connectivity index (χ0n) is 17.6. The number of hydrogen-bond donors (Lipinski definition) is 1. The lowest BCUT2D eigenvalue weighted by atomic mass is 10.1. The molecule has 0 bridgehead atoms. The first-order valence-corrected chi connectivity index (χ1v) is 10.1. The molecule has 2 aromatic heterocycles. The molecule has 5 rings (SSSR count). The van der Waals surface area contributed by atoms with Crippen molar-refractivity contribution in [1.82, 2.24) is 9.55 Å². The monoisotopic (exact) mass is 467 g/mol. The number of aromatic carboxylic acids is 1. The van der Waals surface area contributed by atoms with E-state index < -0.39 is 23.4 Å². The minimum atomic E-state index is -4.92. The van der Waals surface area contributed by atoms with Crippen molar-refractivity contribution < 1.29 is 32.6 Å². The van der Waals surface area contributed by atoms with E-state index in [1.165, 1.54) is 4.90 Å². The normalized spacial score (nSPS) is 13.1. The lowest BCUT2D eigenvalue weighted by molar-refractivity contribution is -0.142. The highest BCUT2D eigenvalue weighted by molar-refractivity contribution is 6.24. The highest BCUT2D eigenvalue weighted by atomic mass is 19.4. The standard InChI is InChI=1S/C24H16F3N3O4/c1-34-14-7-5-13(6-8-14)12-30-17-4-2-3-15-18(11-28-20(19(15)17)22(30)31)29-10-9-16(23(32)33)21(29)24(25,26)27/h2-11H,12H2,1H3,(H,32,33). The molecule has 1 amide bonds. The number of alkyl halides is 3. The van der Waals surface area contributed by atoms with Gasteiger partial charge in [-0.2, -0.15) is 13.2 Å². The molecule has 1 N–H and O–H groups in total. The molecule has 10 heteroatoms. The lowest BCUT2D eigenvalue weighted by Gasteiger charge is -2.18. The quantitative estimate of drug-likeness (QED) is 0.451. The summed E-state index contributed by atoms with van der Waals surface area (Å²) in [5.74, 6) is -1.39. The molecule has 0 aliphatic carbocycles. The number of hydrogen-bond acceptors (Lipinski definition) is 4. The van der Waals surface area contributed by atoms with E-state index in [0.717, 1.165) is 28.6 Å². The molecule has 0 saturated heterocycles. The summed E-state index contributed by atoms with van der Waals surface area (Å²) in [6.45, 7) is 0.230. The number of rotatable bonds is 5. The number of nitrogens with zero attached hydrogens (tertiary/aromatic N) is 3. The predicted molar refractivity (Wildman–Crippen MR) is 117 cm³/mol. The third-order valence-corrected chi connectivity index (χ3v) is 5.75. The highest BCUT2D eigenvalue weighted by Gasteiger charge is 2.40. The van der Waals surface area contributed by atoms with Gasteiger partial charge >= 0.3 is 12.1 Å². The highest BCUT2D eigenvalue weighted by Crippen LogP contribution is 2.41. The molecule has 1 aliphatic rings. The SMILES string of the molecule is COc1ccc(CN2C(=O)c3ncc(-n4ccc(C(=O)O)c4C(F)(F)F)c4cccc2c34)cc1. The Morgan fingerprint density at radius 2 is 1.82 bits per heavy atom. The van der Waals surface area contributed by atoms with Crippen molar-refractivity contribution in [1.29, 1.82) is 0 Å². The number of ether oxygens (including phenoxy) is 1. The molecule has 0 saturated carbocycles. The molecular formula is C24H16F3N3O4. The Balaban J connectivity index is 1.65. The number of aromatic nitrogens is 2. The van der Waals surface area contributed by atoms with Crippen molar-refractivity contribution in [3.05, 3.63) is 83.4 Å². The Hall–Kier alpha value is -4.34. The van der Waals surface area contributed by atoms with Crippen molar-refractivity contribution in [2.75, 3.05) is 12.0 Å². The van der Waals surface area contributed by atoms with E-state index in [0.29, 0.717) is 22.2 Å². The smallest absolute Gasteiger partial charge is 0.432 e. The van der Waals surface area contributed by atoms with Gasteiger partial charge in [-0.15, -0.1) is 0 Å². The third kappa shape index (κ3) is 3.26. The van der Waals surface area contributed by atoms with Crippen molar-refractivity contribution in [3.8, 4) is 11.4 Å². The second-order valence-electron chi connectivity index (χ2n) is 7.68. The predicted octanol–water partition coefficient (Wildman–Crippen LogP) is 4.91. The van der Waals surface area contributed by atoms with Crippen LogP contribution in [-0.2, 0) is 12.7 Å². The molecule has 34 heavy (non-hydrogen) atoms. The van der Waals surface area contributed by atoms with Crippen LogP contribution in [0.3, 0.4) is 0 Å². The van der Waals surface area contributed by atoms with Crippen LogP contribution in [0.4, 0.5) is 18.9 Å². The number of pyridine rings is 1. The lowest BCUT2D eigenvalue weighted by Crippen LogP contribution is -2.26. The molecule has 0 radical (unpaired) electrons. The molecule has 3 heterocycles. The molecular weight excluding hydrogens is 451 g/mol. The summed E-state index contributed by atoms with van der Waals surface area (Å²) < 4.78 is 47.3. The second-order valence-corrected chi connectivity index (χ2v) is 7.68. The van der Waals surface area contributed by atoms with Crippen molar-refractivity contribution in [2.45, 2.75) is 12.7 Å². The van der Waals surface area contributed by atoms with Gasteiger partial charge in [0.15, 0.2) is 0 Å². The number of methoxy groups -OCH3 is 1. The Bertz CT molecular complexity index is 1460. The van der Waals surface area contributed by atoms with E-state index in [1.807, 2.05) is 12.1 Å². The number of anilines is 1. The third-order valence-electron chi connectivity index (χ3n) is 5.75. The fourth-order valence-corrected chi connectivity index (χ4v) is 4.24. The molecule has 4 aromatic rings. The second kappa shape index (κ2) is 7.62. The van der Waals surface area contributed by atoms with E-state index in [9.17, 15) is 27.9 Å². The number of halogens is 3. The molecule has 0 atom stereocenters. The number of benzene rings is 2. The van der Waals surface area contributed by atoms with Gasteiger partial charge in [0, 0.05) is 17.0 Å². The van der Waals surface area contributed by atoms with Crippen LogP contribution in [0.15, 0.2) is 60.9 Å². The Kier molecular flexibility index (Phi) is 4.82. The summed E-state index contributed by atoms with van der Waals surface area (Å²) >= 11 is 0. The largest absolute Gasteiger partial charge is 0.497 e. The molecule has 2 aromatic carbocycles. The minimum absolute atomic E-state index is 0.0273. The summed E-state index contributed by atoms with van der Waals surface area (Å²) in [5, 5.41) is 10.0. The first-order valence-electron chi connectivity index (χ1n) is 10.1. The van der Waals surface area contributed by atoms with Crippen molar-refractivity contribution in [2.24, 2.45) is 0 Å². The number of amides is 1. The van der Waals surface area contributed by atoms with Crippen LogP contribution >= 0.6 is 0 Å². The molecule has 172 valence electrons. The van der Waals surface area contributed by atoms with Gasteiger partial charge in [-0.05, 0) is 29.8 Å². The van der Waals surface area contributed by atoms with Gasteiger partial charge in [0.2, 0.25) is 0 Å². The van der Waals surface area contributed by atoms with Gasteiger partial charge in [0.05, 0.1) is 36.8 Å². The zero-order valence-corrected chi connectivity index (χ0v) is 17.6. The Labute approximate surface area is 190 Å². The summed E-state index contributed by atoms with van der Waals surface area (Å²) in [6, 6.07) is 13.0. The summed E-state index contributed by atoms with van der Waals surface area (Å²) in [5.41, 5.74) is -0.687. The molecule has 0 unspecified atom stereocenters. The Morgan fingerprint density at radius 3 is 2.47 bits per heavy atom. The molecule has 0 fully saturated rings. The number of carbonyl (C=O) groups excluding carboxylic acids is 1. The van der Waals surface area contributed by atoms with E-state index in [-0.39, 0.29) is 23.8 Å². The zero-order chi connectivity index (χ0) is 24.2. The summed E-state index contributed by atoms with van der Waals surface area (Å²) in [4.78, 5) is 30.3. The van der Waals surface area contributed by atoms with Crippen LogP contribution in [0.5, 0.6) is 5.75 Å². The van der Waals surface area contributed by atoms with Gasteiger partial charge < -0.3 is 19.3 Å². The maximum Gasteiger partial charge on any atom is 0.432 e. The molecule has 7 nitrogen and oxygen atoms in total. The van der Waals surface area contributed by atoms with Gasteiger partial charge in [0.25, 0.3) is 5.91 Å². The number of carboxylic acid groups (broad SMARTS) is 1. The van der Waals surface area contributed by atoms with Gasteiger partial charge in [-0.25, -0.2) is 9.78 Å². The van der Waals surface area contributed by atoms with Gasteiger partial charge in [-0.1, -0.05) is 24.3 Å². The van der Waals surface area contributed by atoms with Crippen LogP contribution in [0.1, 0.15) is 32.1 Å². The summed E-state index contributed by atoms with van der Waals surface area (Å²) in [6.07, 6.45) is -2.71. The van der Waals surface area contributed by atoms with Crippen LogP contribution in [0.25, 0.3) is 16.5 Å². The maximum atomic E-state index is 13.8. The van der Waals surface area contributed by atoms with Crippen LogP contribution in [-0.4, -0.2) is 33.6 Å². The van der Waals surface area contributed by atoms with Crippen LogP contribution in [0.2, 0.25) is 0 Å². The van der Waals surface area contributed by atoms with E-state index in [1.54, 1.807) is 37.4 Å². The molecule has 0 spiro atoms. The number of carbonyl (C=O) groups is 2.